The van der Waals surface area contributed by atoms with Gasteiger partial charge in [-0.05, 0) is 19.1 Å². The third kappa shape index (κ3) is 2.74. The lowest BCUT2D eigenvalue weighted by Gasteiger charge is -2.21. The van der Waals surface area contributed by atoms with Crippen LogP contribution in [0.25, 0.3) is 0 Å². The van der Waals surface area contributed by atoms with Gasteiger partial charge in [-0.2, -0.15) is 0 Å². The van der Waals surface area contributed by atoms with E-state index >= 15 is 0 Å². The summed E-state index contributed by atoms with van der Waals surface area (Å²) >= 11 is 1.35. The number of halogens is 1. The molecule has 0 aliphatic heterocycles. The zero-order valence-electron chi connectivity index (χ0n) is 9.93. The van der Waals surface area contributed by atoms with Crippen LogP contribution in [0.4, 0.5) is 15.2 Å². The van der Waals surface area contributed by atoms with Gasteiger partial charge in [-0.3, -0.25) is 5.43 Å². The number of nitrogen functional groups attached to an aromatic ring is 1. The molecule has 1 aromatic heterocycles. The van der Waals surface area contributed by atoms with E-state index in [9.17, 15) is 4.39 Å². The molecule has 0 radical (unpaired) electrons. The van der Waals surface area contributed by atoms with Gasteiger partial charge in [0.05, 0.1) is 12.2 Å². The Morgan fingerprint density at radius 3 is 2.78 bits per heavy atom. The number of anilines is 2. The first-order valence-corrected chi connectivity index (χ1v) is 6.34. The number of nitrogens with one attached hydrogen (secondary N) is 1. The van der Waals surface area contributed by atoms with Crippen LogP contribution in [-0.4, -0.2) is 16.7 Å². The van der Waals surface area contributed by atoms with Crippen molar-refractivity contribution in [3.05, 3.63) is 35.1 Å². The normalized spacial score (nSPS) is 10.4. The van der Waals surface area contributed by atoms with Crippen LogP contribution in [0.2, 0.25) is 0 Å². The van der Waals surface area contributed by atoms with Crippen LogP contribution in [0.1, 0.15) is 11.9 Å². The van der Waals surface area contributed by atoms with Crippen molar-refractivity contribution in [2.75, 3.05) is 16.9 Å². The predicted octanol–water partition coefficient (Wildman–Crippen LogP) is 1.99. The Kier molecular flexibility index (Phi) is 4.06. The van der Waals surface area contributed by atoms with E-state index < -0.39 is 0 Å². The van der Waals surface area contributed by atoms with E-state index in [1.807, 2.05) is 17.9 Å². The monoisotopic (exact) mass is 267 g/mol. The van der Waals surface area contributed by atoms with Gasteiger partial charge in [-0.25, -0.2) is 10.2 Å². The molecular weight excluding hydrogens is 253 g/mol. The molecule has 0 saturated heterocycles. The number of para-hydroxylation sites is 1. The van der Waals surface area contributed by atoms with Gasteiger partial charge < -0.3 is 4.90 Å². The second-order valence-electron chi connectivity index (χ2n) is 3.61. The van der Waals surface area contributed by atoms with Crippen molar-refractivity contribution in [2.45, 2.75) is 13.5 Å². The van der Waals surface area contributed by atoms with Crippen molar-refractivity contribution < 1.29 is 4.39 Å². The fourth-order valence-electron chi connectivity index (χ4n) is 1.61. The number of nitrogens with zero attached hydrogens (tertiary/aromatic N) is 3. The van der Waals surface area contributed by atoms with Crippen molar-refractivity contribution in [3.63, 3.8) is 0 Å². The number of hydrogen-bond donors (Lipinski definition) is 2. The summed E-state index contributed by atoms with van der Waals surface area (Å²) in [5.74, 6) is 5.01. The van der Waals surface area contributed by atoms with Crippen molar-refractivity contribution >= 4 is 22.2 Å². The molecule has 18 heavy (non-hydrogen) atoms. The molecule has 0 saturated carbocycles. The highest BCUT2D eigenvalue weighted by molar-refractivity contribution is 7.15. The van der Waals surface area contributed by atoms with Gasteiger partial charge in [0.15, 0.2) is 0 Å². The second-order valence-corrected chi connectivity index (χ2v) is 4.67. The first-order valence-electron chi connectivity index (χ1n) is 5.53. The standard InChI is InChI=1S/C11H14FN5S/c1-2-17(9-6-4-3-5-8(9)12)7-10-15-16-11(14-13)18-10/h3-6H,2,7,13H2,1H3,(H,14,16). The Morgan fingerprint density at radius 2 is 2.17 bits per heavy atom. The van der Waals surface area contributed by atoms with E-state index in [1.54, 1.807) is 12.1 Å². The van der Waals surface area contributed by atoms with E-state index in [0.717, 1.165) is 5.01 Å². The Bertz CT molecular complexity index is 516. The molecular formula is C11H14FN5S. The van der Waals surface area contributed by atoms with Crippen LogP contribution in [0.3, 0.4) is 0 Å². The van der Waals surface area contributed by atoms with E-state index in [-0.39, 0.29) is 5.82 Å². The van der Waals surface area contributed by atoms with Crippen LogP contribution >= 0.6 is 11.3 Å². The lowest BCUT2D eigenvalue weighted by atomic mass is 10.2. The fourth-order valence-corrected chi connectivity index (χ4v) is 2.28. The number of rotatable bonds is 5. The van der Waals surface area contributed by atoms with E-state index in [4.69, 9.17) is 5.84 Å². The van der Waals surface area contributed by atoms with E-state index in [2.05, 4.69) is 15.6 Å². The first kappa shape index (κ1) is 12.7. The average molecular weight is 267 g/mol. The SMILES string of the molecule is CCN(Cc1nnc(NN)s1)c1ccccc1F. The van der Waals surface area contributed by atoms with Gasteiger partial charge in [0.25, 0.3) is 0 Å². The summed E-state index contributed by atoms with van der Waals surface area (Å²) < 4.78 is 13.7. The molecule has 1 heterocycles. The highest BCUT2D eigenvalue weighted by atomic mass is 32.1. The molecule has 3 N–H and O–H groups in total. The van der Waals surface area contributed by atoms with E-state index in [0.29, 0.717) is 23.9 Å². The van der Waals surface area contributed by atoms with Crippen molar-refractivity contribution in [2.24, 2.45) is 5.84 Å². The molecule has 0 aliphatic carbocycles. The molecule has 1 aromatic carbocycles. The molecule has 0 atom stereocenters. The molecule has 0 aliphatic rings. The molecule has 0 amide bonds. The van der Waals surface area contributed by atoms with Crippen LogP contribution in [0.15, 0.2) is 24.3 Å². The second kappa shape index (κ2) is 5.74. The topological polar surface area (TPSA) is 67.1 Å². The van der Waals surface area contributed by atoms with Gasteiger partial charge in [-0.15, -0.1) is 10.2 Å². The Labute approximate surface area is 108 Å². The van der Waals surface area contributed by atoms with Gasteiger partial charge in [0.2, 0.25) is 5.13 Å². The summed E-state index contributed by atoms with van der Waals surface area (Å²) in [4.78, 5) is 1.90. The number of nitrogens with two attached hydrogens (primary N) is 1. The summed E-state index contributed by atoms with van der Waals surface area (Å²) in [5.41, 5.74) is 3.01. The Hall–Kier alpha value is -1.73. The van der Waals surface area contributed by atoms with Crippen molar-refractivity contribution in [1.29, 1.82) is 0 Å². The summed E-state index contributed by atoms with van der Waals surface area (Å²) in [6.07, 6.45) is 0. The smallest absolute Gasteiger partial charge is 0.219 e. The Balaban J connectivity index is 2.17. The molecule has 0 spiro atoms. The largest absolute Gasteiger partial charge is 0.363 e. The van der Waals surface area contributed by atoms with Crippen LogP contribution in [-0.2, 0) is 6.54 Å². The number of hydrogen-bond acceptors (Lipinski definition) is 6. The maximum absolute atomic E-state index is 13.7. The molecule has 0 unspecified atom stereocenters. The predicted molar refractivity (Wildman–Crippen MR) is 70.8 cm³/mol. The highest BCUT2D eigenvalue weighted by Gasteiger charge is 2.12. The van der Waals surface area contributed by atoms with E-state index in [1.165, 1.54) is 17.4 Å². The van der Waals surface area contributed by atoms with Crippen molar-refractivity contribution in [1.82, 2.24) is 10.2 Å². The maximum atomic E-state index is 13.7. The van der Waals surface area contributed by atoms with Gasteiger partial charge in [0, 0.05) is 6.54 Å². The lowest BCUT2D eigenvalue weighted by molar-refractivity contribution is 0.617. The van der Waals surface area contributed by atoms with Crippen LogP contribution in [0.5, 0.6) is 0 Å². The maximum Gasteiger partial charge on any atom is 0.219 e. The number of benzene rings is 1. The van der Waals surface area contributed by atoms with Crippen LogP contribution < -0.4 is 16.2 Å². The summed E-state index contributed by atoms with van der Waals surface area (Å²) in [6, 6.07) is 6.69. The average Bonchev–Trinajstić information content (AvgIpc) is 2.85. The third-order valence-corrected chi connectivity index (χ3v) is 3.33. The first-order chi connectivity index (χ1) is 8.74. The zero-order chi connectivity index (χ0) is 13.0. The highest BCUT2D eigenvalue weighted by Crippen LogP contribution is 2.22. The zero-order valence-corrected chi connectivity index (χ0v) is 10.7. The van der Waals surface area contributed by atoms with Gasteiger partial charge in [-0.1, -0.05) is 23.5 Å². The minimum atomic E-state index is -0.235. The lowest BCUT2D eigenvalue weighted by Crippen LogP contribution is -2.22. The molecule has 0 bridgehead atoms. The quantitative estimate of drug-likeness (QED) is 0.640. The minimum absolute atomic E-state index is 0.235. The summed E-state index contributed by atoms with van der Waals surface area (Å²) in [5, 5.41) is 9.18. The minimum Gasteiger partial charge on any atom is -0.363 e. The third-order valence-electron chi connectivity index (χ3n) is 2.49. The molecule has 5 nitrogen and oxygen atoms in total. The molecule has 0 fully saturated rings. The van der Waals surface area contributed by atoms with Gasteiger partial charge >= 0.3 is 0 Å². The van der Waals surface area contributed by atoms with Crippen molar-refractivity contribution in [3.8, 4) is 0 Å². The number of hydrazine groups is 1. The fraction of sp³-hybridized carbons (Fsp3) is 0.273. The Morgan fingerprint density at radius 1 is 1.39 bits per heavy atom. The van der Waals surface area contributed by atoms with Gasteiger partial charge in [0.1, 0.15) is 10.8 Å². The molecule has 96 valence electrons. The molecule has 2 rings (SSSR count). The number of aromatic nitrogens is 2. The molecule has 2 aromatic rings. The molecule has 7 heteroatoms. The summed E-state index contributed by atoms with van der Waals surface area (Å²) in [7, 11) is 0. The summed E-state index contributed by atoms with van der Waals surface area (Å²) in [6.45, 7) is 3.16. The van der Waals surface area contributed by atoms with Crippen LogP contribution in [0, 0.1) is 5.82 Å².